The van der Waals surface area contributed by atoms with Gasteiger partial charge in [0.15, 0.2) is 0 Å². The van der Waals surface area contributed by atoms with Gasteiger partial charge in [0.05, 0.1) is 10.8 Å². The first-order valence-electron chi connectivity index (χ1n) is 7.53. The minimum atomic E-state index is -1.15. The molecule has 0 aliphatic heterocycles. The van der Waals surface area contributed by atoms with Crippen LogP contribution in [0.25, 0.3) is 0 Å². The number of amides is 1. The highest BCUT2D eigenvalue weighted by Gasteiger charge is 2.23. The van der Waals surface area contributed by atoms with E-state index in [4.69, 9.17) is 4.74 Å². The van der Waals surface area contributed by atoms with Gasteiger partial charge in [0.2, 0.25) is 0 Å². The van der Waals surface area contributed by atoms with E-state index in [9.17, 15) is 9.00 Å². The number of hydrogen-bond acceptors (Lipinski definition) is 3. The number of rotatable bonds is 5. The summed E-state index contributed by atoms with van der Waals surface area (Å²) >= 11 is 0. The van der Waals surface area contributed by atoms with Crippen molar-refractivity contribution in [2.45, 2.75) is 58.1 Å². The first kappa shape index (κ1) is 18.7. The molecule has 0 aliphatic rings. The lowest BCUT2D eigenvalue weighted by molar-refractivity contribution is 0.0497. The van der Waals surface area contributed by atoms with Crippen molar-refractivity contribution in [2.75, 3.05) is 5.75 Å². The van der Waals surface area contributed by atoms with Crippen LogP contribution in [0.2, 0.25) is 0 Å². The number of hydrogen-bond donors (Lipinski definition) is 1. The van der Waals surface area contributed by atoms with Crippen molar-refractivity contribution in [1.82, 2.24) is 5.32 Å². The van der Waals surface area contributed by atoms with E-state index in [1.165, 1.54) is 0 Å². The maximum atomic E-state index is 12.5. The Hall–Kier alpha value is -1.36. The summed E-state index contributed by atoms with van der Waals surface area (Å²) < 4.78 is 17.7. The van der Waals surface area contributed by atoms with E-state index >= 15 is 0 Å². The molecule has 1 aromatic carbocycles. The average Bonchev–Trinajstić information content (AvgIpc) is 2.36. The highest BCUT2D eigenvalue weighted by molar-refractivity contribution is 7.85. The molecule has 1 unspecified atom stereocenters. The summed E-state index contributed by atoms with van der Waals surface area (Å²) in [7, 11) is -1.15. The minimum absolute atomic E-state index is 0.168. The zero-order valence-electron chi connectivity index (χ0n) is 14.3. The number of carbonyl (C=O) groups is 1. The second-order valence-electron chi connectivity index (χ2n) is 6.82. The van der Waals surface area contributed by atoms with Crippen LogP contribution in [0.5, 0.6) is 0 Å². The van der Waals surface area contributed by atoms with Crippen LogP contribution in [0.15, 0.2) is 29.2 Å². The first-order valence-corrected chi connectivity index (χ1v) is 8.85. The molecule has 0 aliphatic carbocycles. The van der Waals surface area contributed by atoms with Crippen molar-refractivity contribution in [2.24, 2.45) is 5.92 Å². The van der Waals surface area contributed by atoms with Gasteiger partial charge in [-0.15, -0.1) is 0 Å². The lowest BCUT2D eigenvalue weighted by Gasteiger charge is -2.25. The van der Waals surface area contributed by atoms with Crippen LogP contribution in [0.3, 0.4) is 0 Å². The van der Waals surface area contributed by atoms with Crippen LogP contribution in [0.1, 0.15) is 40.2 Å². The molecular weight excluding hydrogens is 298 g/mol. The number of nitrogens with one attached hydrogen (secondary N) is 1. The van der Waals surface area contributed by atoms with Crippen molar-refractivity contribution in [3.8, 4) is 0 Å². The fraction of sp³-hybridized carbons (Fsp3) is 0.588. The topological polar surface area (TPSA) is 55.4 Å². The summed E-state index contributed by atoms with van der Waals surface area (Å²) in [5.74, 6) is 0.543. The van der Waals surface area contributed by atoms with Crippen LogP contribution >= 0.6 is 0 Å². The van der Waals surface area contributed by atoms with Crippen LogP contribution in [0.4, 0.5) is 4.79 Å². The third-order valence-corrected chi connectivity index (χ3v) is 4.58. The van der Waals surface area contributed by atoms with Crippen molar-refractivity contribution in [1.29, 1.82) is 0 Å². The van der Waals surface area contributed by atoms with E-state index in [-0.39, 0.29) is 12.0 Å². The zero-order chi connectivity index (χ0) is 16.9. The van der Waals surface area contributed by atoms with E-state index in [1.54, 1.807) is 0 Å². The Kier molecular flexibility index (Phi) is 6.60. The third-order valence-electron chi connectivity index (χ3n) is 3.12. The van der Waals surface area contributed by atoms with Gasteiger partial charge in [-0.1, -0.05) is 31.5 Å². The SMILES string of the molecule is Cc1ccc(S(=O)C[C@@H](NC(=O)OC(C)(C)C)C(C)C)cc1. The van der Waals surface area contributed by atoms with Crippen LogP contribution in [-0.4, -0.2) is 27.7 Å². The van der Waals surface area contributed by atoms with Crippen LogP contribution in [-0.2, 0) is 15.5 Å². The average molecular weight is 325 g/mol. The monoisotopic (exact) mass is 325 g/mol. The highest BCUT2D eigenvalue weighted by Crippen LogP contribution is 2.13. The van der Waals surface area contributed by atoms with Gasteiger partial charge < -0.3 is 10.1 Å². The van der Waals surface area contributed by atoms with Crippen LogP contribution < -0.4 is 5.32 Å². The largest absolute Gasteiger partial charge is 0.444 e. The van der Waals surface area contributed by atoms with Crippen molar-refractivity contribution in [3.63, 3.8) is 0 Å². The molecule has 0 spiro atoms. The van der Waals surface area contributed by atoms with E-state index < -0.39 is 22.5 Å². The molecule has 0 bridgehead atoms. The van der Waals surface area contributed by atoms with Gasteiger partial charge in [0.1, 0.15) is 5.60 Å². The molecule has 22 heavy (non-hydrogen) atoms. The molecule has 4 nitrogen and oxygen atoms in total. The molecule has 5 heteroatoms. The molecule has 1 rings (SSSR count). The van der Waals surface area contributed by atoms with E-state index in [2.05, 4.69) is 5.32 Å². The summed E-state index contributed by atoms with van der Waals surface area (Å²) in [6.07, 6.45) is -0.466. The molecule has 0 saturated heterocycles. The first-order chi connectivity index (χ1) is 10.1. The molecular formula is C17H27NO3S. The summed E-state index contributed by atoms with van der Waals surface area (Å²) in [5, 5.41) is 2.83. The maximum absolute atomic E-state index is 12.5. The maximum Gasteiger partial charge on any atom is 0.407 e. The Morgan fingerprint density at radius 3 is 2.23 bits per heavy atom. The number of aryl methyl sites for hydroxylation is 1. The predicted octanol–water partition coefficient (Wildman–Crippen LogP) is 3.65. The smallest absolute Gasteiger partial charge is 0.407 e. The Morgan fingerprint density at radius 2 is 1.77 bits per heavy atom. The number of benzene rings is 1. The standard InChI is InChI=1S/C17H27NO3S/c1-12(2)15(18-16(19)21-17(4,5)6)11-22(20)14-9-7-13(3)8-10-14/h7-10,12,15H,11H2,1-6H3,(H,18,19)/t15-,22?/m1/s1. The lowest BCUT2D eigenvalue weighted by atomic mass is 10.1. The van der Waals surface area contributed by atoms with Crippen molar-refractivity contribution < 1.29 is 13.7 Å². The molecule has 1 amide bonds. The van der Waals surface area contributed by atoms with Crippen LogP contribution in [0, 0.1) is 12.8 Å². The van der Waals surface area contributed by atoms with Gasteiger partial charge in [-0.05, 0) is 45.7 Å². The van der Waals surface area contributed by atoms with Crippen molar-refractivity contribution in [3.05, 3.63) is 29.8 Å². The zero-order valence-corrected chi connectivity index (χ0v) is 15.1. The van der Waals surface area contributed by atoms with Gasteiger partial charge in [0, 0.05) is 16.7 Å². The Balaban J connectivity index is 2.70. The quantitative estimate of drug-likeness (QED) is 0.899. The van der Waals surface area contributed by atoms with E-state index in [0.29, 0.717) is 5.75 Å². The predicted molar refractivity (Wildman–Crippen MR) is 90.5 cm³/mol. The van der Waals surface area contributed by atoms with Gasteiger partial charge in [-0.2, -0.15) is 0 Å². The van der Waals surface area contributed by atoms with E-state index in [0.717, 1.165) is 10.5 Å². The minimum Gasteiger partial charge on any atom is -0.444 e. The summed E-state index contributed by atoms with van der Waals surface area (Å²) in [4.78, 5) is 12.7. The number of carbonyl (C=O) groups excluding carboxylic acids is 1. The second kappa shape index (κ2) is 7.77. The van der Waals surface area contributed by atoms with Gasteiger partial charge in [-0.25, -0.2) is 4.79 Å². The van der Waals surface area contributed by atoms with E-state index in [1.807, 2.05) is 65.8 Å². The normalized spacial score (nSPS) is 14.5. The lowest BCUT2D eigenvalue weighted by Crippen LogP contribution is -2.44. The van der Waals surface area contributed by atoms with Gasteiger partial charge in [0.25, 0.3) is 0 Å². The summed E-state index contributed by atoms with van der Waals surface area (Å²) in [6.45, 7) is 11.4. The molecule has 1 N–H and O–H groups in total. The number of ether oxygens (including phenoxy) is 1. The molecule has 0 aromatic heterocycles. The Labute approximate surface area is 136 Å². The fourth-order valence-electron chi connectivity index (χ4n) is 1.81. The summed E-state index contributed by atoms with van der Waals surface area (Å²) in [5.41, 5.74) is 0.592. The van der Waals surface area contributed by atoms with Gasteiger partial charge in [-0.3, -0.25) is 4.21 Å². The number of alkyl carbamates (subject to hydrolysis) is 1. The molecule has 0 heterocycles. The van der Waals surface area contributed by atoms with Crippen molar-refractivity contribution >= 4 is 16.9 Å². The van der Waals surface area contributed by atoms with Gasteiger partial charge >= 0.3 is 6.09 Å². The third kappa shape index (κ3) is 6.60. The Bertz CT molecular complexity index is 518. The second-order valence-corrected chi connectivity index (χ2v) is 8.32. The summed E-state index contributed by atoms with van der Waals surface area (Å²) in [6, 6.07) is 7.43. The molecule has 124 valence electrons. The fourth-order valence-corrected chi connectivity index (χ4v) is 3.24. The molecule has 0 saturated carbocycles. The molecule has 2 atom stereocenters. The molecule has 0 radical (unpaired) electrons. The molecule has 0 fully saturated rings. The highest BCUT2D eigenvalue weighted by atomic mass is 32.2. The molecule has 1 aromatic rings. The Morgan fingerprint density at radius 1 is 1.23 bits per heavy atom.